The van der Waals surface area contributed by atoms with Gasteiger partial charge in [-0.25, -0.2) is 0 Å². The van der Waals surface area contributed by atoms with Gasteiger partial charge in [0.25, 0.3) is 0 Å². The van der Waals surface area contributed by atoms with Gasteiger partial charge in [-0.3, -0.25) is 0 Å². The van der Waals surface area contributed by atoms with Crippen LogP contribution in [0.1, 0.15) is 44.4 Å². The summed E-state index contributed by atoms with van der Waals surface area (Å²) in [6, 6.07) is -0.164. The molecular formula is C9H17N3O2. The first-order valence-corrected chi connectivity index (χ1v) is 4.93. The van der Waals surface area contributed by atoms with E-state index in [4.69, 9.17) is 15.0 Å². The van der Waals surface area contributed by atoms with Crippen molar-refractivity contribution in [1.29, 1.82) is 0 Å². The summed E-state index contributed by atoms with van der Waals surface area (Å²) in [5.74, 6) is 1.06. The average Bonchev–Trinajstić information content (AvgIpc) is 2.66. The molecule has 0 saturated carbocycles. The Kier molecular flexibility index (Phi) is 4.55. The third-order valence-corrected chi connectivity index (χ3v) is 1.82. The van der Waals surface area contributed by atoms with E-state index in [0.29, 0.717) is 24.9 Å². The molecule has 5 nitrogen and oxygen atoms in total. The second-order valence-electron chi connectivity index (χ2n) is 3.12. The summed E-state index contributed by atoms with van der Waals surface area (Å²) < 4.78 is 10.3. The van der Waals surface area contributed by atoms with Crippen molar-refractivity contribution >= 4 is 0 Å². The summed E-state index contributed by atoms with van der Waals surface area (Å²) in [7, 11) is 0. The molecule has 1 atom stereocenters. The molecule has 0 aromatic carbocycles. The van der Waals surface area contributed by atoms with E-state index in [1.54, 1.807) is 0 Å². The van der Waals surface area contributed by atoms with Gasteiger partial charge in [-0.05, 0) is 12.8 Å². The number of nitrogens with zero attached hydrogens (tertiary/aromatic N) is 2. The largest absolute Gasteiger partial charge is 0.373 e. The van der Waals surface area contributed by atoms with Gasteiger partial charge in [-0.1, -0.05) is 19.0 Å². The Hall–Kier alpha value is -0.940. The average molecular weight is 199 g/mol. The molecule has 0 saturated heterocycles. The Bertz CT molecular complexity index is 262. The maximum atomic E-state index is 5.73. The maximum Gasteiger partial charge on any atom is 0.243 e. The number of hydrogen-bond acceptors (Lipinski definition) is 5. The number of aromatic nitrogens is 2. The zero-order chi connectivity index (χ0) is 10.4. The van der Waals surface area contributed by atoms with Crippen LogP contribution in [0.3, 0.4) is 0 Å². The second-order valence-corrected chi connectivity index (χ2v) is 3.12. The van der Waals surface area contributed by atoms with E-state index in [0.717, 1.165) is 12.8 Å². The molecule has 1 aromatic heterocycles. The zero-order valence-electron chi connectivity index (χ0n) is 8.69. The molecule has 2 N–H and O–H groups in total. The van der Waals surface area contributed by atoms with Gasteiger partial charge >= 0.3 is 0 Å². The van der Waals surface area contributed by atoms with Crippen molar-refractivity contribution < 1.29 is 9.26 Å². The van der Waals surface area contributed by atoms with Crippen molar-refractivity contribution in [3.63, 3.8) is 0 Å². The van der Waals surface area contributed by atoms with Crippen molar-refractivity contribution in [1.82, 2.24) is 10.1 Å². The molecule has 0 spiro atoms. The van der Waals surface area contributed by atoms with Gasteiger partial charge in [0.1, 0.15) is 6.61 Å². The molecule has 5 heteroatoms. The van der Waals surface area contributed by atoms with Gasteiger partial charge in [0.2, 0.25) is 5.89 Å². The van der Waals surface area contributed by atoms with Gasteiger partial charge in [-0.2, -0.15) is 4.98 Å². The van der Waals surface area contributed by atoms with Gasteiger partial charge in [0, 0.05) is 6.61 Å². The topological polar surface area (TPSA) is 74.2 Å². The highest BCUT2D eigenvalue weighted by molar-refractivity contribution is 4.89. The monoisotopic (exact) mass is 199 g/mol. The molecule has 0 bridgehead atoms. The van der Waals surface area contributed by atoms with E-state index < -0.39 is 0 Å². The molecule has 1 heterocycles. The molecule has 0 radical (unpaired) electrons. The van der Waals surface area contributed by atoms with Crippen LogP contribution < -0.4 is 5.73 Å². The normalized spacial score (nSPS) is 13.1. The van der Waals surface area contributed by atoms with E-state index >= 15 is 0 Å². The summed E-state index contributed by atoms with van der Waals surface area (Å²) in [5.41, 5.74) is 5.73. The van der Waals surface area contributed by atoms with Crippen molar-refractivity contribution in [2.24, 2.45) is 5.73 Å². The molecule has 0 amide bonds. The van der Waals surface area contributed by atoms with Crippen LogP contribution in [0.4, 0.5) is 0 Å². The van der Waals surface area contributed by atoms with Crippen LogP contribution in [-0.4, -0.2) is 16.7 Å². The van der Waals surface area contributed by atoms with Crippen LogP contribution in [0.25, 0.3) is 0 Å². The third-order valence-electron chi connectivity index (χ3n) is 1.82. The number of nitrogens with two attached hydrogens (primary N) is 1. The molecular weight excluding hydrogens is 182 g/mol. The number of hydrogen-bond donors (Lipinski definition) is 1. The second kappa shape index (κ2) is 5.72. The quantitative estimate of drug-likeness (QED) is 0.701. The van der Waals surface area contributed by atoms with E-state index in [1.807, 2.05) is 6.92 Å². The molecule has 14 heavy (non-hydrogen) atoms. The Balaban J connectivity index is 2.42. The smallest absolute Gasteiger partial charge is 0.243 e. The minimum absolute atomic E-state index is 0.164. The lowest BCUT2D eigenvalue weighted by molar-refractivity contribution is 0.114. The van der Waals surface area contributed by atoms with Crippen LogP contribution in [0.2, 0.25) is 0 Å². The standard InChI is InChI=1S/C9H17N3O2/c1-3-5-13-6-8-11-9(14-12-8)7(10)4-2/h7H,3-6,10H2,1-2H3. The van der Waals surface area contributed by atoms with E-state index in [9.17, 15) is 0 Å². The summed E-state index contributed by atoms with van der Waals surface area (Å²) in [6.45, 7) is 5.13. The first kappa shape index (κ1) is 11.1. The Morgan fingerprint density at radius 1 is 1.50 bits per heavy atom. The van der Waals surface area contributed by atoms with Crippen LogP contribution in [0, 0.1) is 0 Å². The molecule has 1 rings (SSSR count). The van der Waals surface area contributed by atoms with Crippen LogP contribution in [-0.2, 0) is 11.3 Å². The van der Waals surface area contributed by atoms with E-state index in [1.165, 1.54) is 0 Å². The molecule has 0 aliphatic rings. The fourth-order valence-electron chi connectivity index (χ4n) is 0.959. The van der Waals surface area contributed by atoms with Gasteiger partial charge in [0.15, 0.2) is 5.82 Å². The van der Waals surface area contributed by atoms with Crippen LogP contribution in [0.15, 0.2) is 4.52 Å². The Morgan fingerprint density at radius 3 is 2.93 bits per heavy atom. The van der Waals surface area contributed by atoms with Crippen LogP contribution >= 0.6 is 0 Å². The lowest BCUT2D eigenvalue weighted by atomic mass is 10.2. The highest BCUT2D eigenvalue weighted by atomic mass is 16.5. The predicted octanol–water partition coefficient (Wildman–Crippen LogP) is 1.41. The molecule has 0 aliphatic carbocycles. The lowest BCUT2D eigenvalue weighted by Crippen LogP contribution is -2.09. The first-order valence-electron chi connectivity index (χ1n) is 4.93. The first-order chi connectivity index (χ1) is 6.77. The zero-order valence-corrected chi connectivity index (χ0v) is 8.69. The molecule has 80 valence electrons. The van der Waals surface area contributed by atoms with E-state index in [2.05, 4.69) is 17.1 Å². The minimum atomic E-state index is -0.164. The third kappa shape index (κ3) is 3.08. The van der Waals surface area contributed by atoms with Crippen molar-refractivity contribution in [3.8, 4) is 0 Å². The number of ether oxygens (including phenoxy) is 1. The van der Waals surface area contributed by atoms with Crippen molar-refractivity contribution in [3.05, 3.63) is 11.7 Å². The summed E-state index contributed by atoms with van der Waals surface area (Å²) in [6.07, 6.45) is 1.77. The minimum Gasteiger partial charge on any atom is -0.373 e. The number of rotatable bonds is 6. The highest BCUT2D eigenvalue weighted by Crippen LogP contribution is 2.10. The summed E-state index contributed by atoms with van der Waals surface area (Å²) in [4.78, 5) is 4.13. The Labute approximate surface area is 83.6 Å². The summed E-state index contributed by atoms with van der Waals surface area (Å²) in [5, 5.41) is 3.77. The fraction of sp³-hybridized carbons (Fsp3) is 0.778. The van der Waals surface area contributed by atoms with Gasteiger partial charge in [-0.15, -0.1) is 0 Å². The maximum absolute atomic E-state index is 5.73. The highest BCUT2D eigenvalue weighted by Gasteiger charge is 2.12. The van der Waals surface area contributed by atoms with Crippen LogP contribution in [0.5, 0.6) is 0 Å². The molecule has 0 fully saturated rings. The lowest BCUT2D eigenvalue weighted by Gasteiger charge is -1.99. The SMILES string of the molecule is CCCOCc1noc(C(N)CC)n1. The predicted molar refractivity (Wildman–Crippen MR) is 51.5 cm³/mol. The molecule has 0 aliphatic heterocycles. The molecule has 1 unspecified atom stereocenters. The summed E-state index contributed by atoms with van der Waals surface area (Å²) >= 11 is 0. The van der Waals surface area contributed by atoms with Gasteiger partial charge in [0.05, 0.1) is 6.04 Å². The molecule has 1 aromatic rings. The van der Waals surface area contributed by atoms with Crippen molar-refractivity contribution in [2.75, 3.05) is 6.61 Å². The van der Waals surface area contributed by atoms with Crippen molar-refractivity contribution in [2.45, 2.75) is 39.3 Å². The Morgan fingerprint density at radius 2 is 2.29 bits per heavy atom. The fourth-order valence-corrected chi connectivity index (χ4v) is 0.959. The van der Waals surface area contributed by atoms with E-state index in [-0.39, 0.29) is 6.04 Å². The van der Waals surface area contributed by atoms with Gasteiger partial charge < -0.3 is 15.0 Å².